The second-order valence-electron chi connectivity index (χ2n) is 9.78. The normalized spacial score (nSPS) is 35.4. The predicted octanol–water partition coefficient (Wildman–Crippen LogP) is 1.72. The van der Waals surface area contributed by atoms with Crippen molar-refractivity contribution in [3.63, 3.8) is 0 Å². The lowest BCUT2D eigenvalue weighted by molar-refractivity contribution is -0.899. The number of hydrogen-bond acceptors (Lipinski definition) is 2. The number of piperazine rings is 1. The average Bonchev–Trinajstić information content (AvgIpc) is 2.68. The van der Waals surface area contributed by atoms with Gasteiger partial charge < -0.3 is 15.1 Å². The van der Waals surface area contributed by atoms with Gasteiger partial charge in [-0.1, -0.05) is 18.2 Å². The lowest BCUT2D eigenvalue weighted by Gasteiger charge is -2.55. The highest BCUT2D eigenvalue weighted by Crippen LogP contribution is 2.60. The summed E-state index contributed by atoms with van der Waals surface area (Å²) in [5, 5.41) is 3.36. The van der Waals surface area contributed by atoms with Crippen LogP contribution in [0.5, 0.6) is 0 Å². The number of nitrogens with one attached hydrogen (secondary N) is 2. The summed E-state index contributed by atoms with van der Waals surface area (Å²) in [6.07, 6.45) is 7.74. The minimum atomic E-state index is 0.0100. The molecule has 5 aliphatic rings. The molecule has 27 heavy (non-hydrogen) atoms. The Kier molecular flexibility index (Phi) is 4.63. The van der Waals surface area contributed by atoms with E-state index in [1.807, 2.05) is 0 Å². The van der Waals surface area contributed by atoms with E-state index in [0.717, 1.165) is 43.9 Å². The number of amides is 1. The van der Waals surface area contributed by atoms with Crippen LogP contribution >= 0.6 is 0 Å². The maximum absolute atomic E-state index is 13.0. The summed E-state index contributed by atoms with van der Waals surface area (Å²) in [4.78, 5) is 17.2. The first-order valence-corrected chi connectivity index (χ1v) is 11.1. The van der Waals surface area contributed by atoms with Gasteiger partial charge in [0.25, 0.3) is 0 Å². The maximum atomic E-state index is 13.0. The Morgan fingerprint density at radius 3 is 2.19 bits per heavy atom. The van der Waals surface area contributed by atoms with Crippen LogP contribution in [0.2, 0.25) is 0 Å². The van der Waals surface area contributed by atoms with Gasteiger partial charge >= 0.3 is 0 Å². The molecular weight excluding hydrogens is 334 g/mol. The van der Waals surface area contributed by atoms with Gasteiger partial charge in [-0.05, 0) is 68.4 Å². The molecule has 1 aliphatic heterocycles. The maximum Gasteiger partial charge on any atom is 0.226 e. The minimum Gasteiger partial charge on any atom is -0.360 e. The molecule has 1 saturated heterocycles. The van der Waals surface area contributed by atoms with Crippen molar-refractivity contribution in [3.8, 4) is 0 Å². The number of quaternary nitrogens is 1. The molecule has 1 aromatic carbocycles. The van der Waals surface area contributed by atoms with Crippen LogP contribution in [0, 0.1) is 23.2 Å². The molecule has 0 aromatic heterocycles. The van der Waals surface area contributed by atoms with Gasteiger partial charge in [0.15, 0.2) is 0 Å². The third kappa shape index (κ3) is 3.49. The monoisotopic (exact) mass is 368 g/mol. The highest BCUT2D eigenvalue weighted by molar-refractivity contribution is 5.83. The lowest BCUT2D eigenvalue weighted by Crippen LogP contribution is -3.15. The second kappa shape index (κ2) is 7.12. The molecule has 4 aliphatic carbocycles. The first kappa shape index (κ1) is 17.5. The molecule has 2 N–H and O–H groups in total. The van der Waals surface area contributed by atoms with Gasteiger partial charge in [-0.15, -0.1) is 0 Å². The number of nitrogens with zero attached hydrogens (tertiary/aromatic N) is 1. The molecule has 4 nitrogen and oxygen atoms in total. The first-order chi connectivity index (χ1) is 13.2. The van der Waals surface area contributed by atoms with E-state index in [1.165, 1.54) is 57.3 Å². The summed E-state index contributed by atoms with van der Waals surface area (Å²) in [5.74, 6) is 2.93. The molecule has 4 bridgehead atoms. The number of rotatable bonds is 5. The van der Waals surface area contributed by atoms with E-state index in [2.05, 4.69) is 40.5 Å². The standard InChI is InChI=1S/C23H33N3O/c27-22(23-15-18-12-19(16-23)14-20(13-18)17-23)24-6-7-25-8-10-26(11-9-25)21-4-2-1-3-5-21/h1-5,18-20H,6-17H2,(H,24,27)/p+1. The third-order valence-electron chi connectivity index (χ3n) is 7.88. The van der Waals surface area contributed by atoms with Gasteiger partial charge in [0.1, 0.15) is 0 Å². The fourth-order valence-electron chi connectivity index (χ4n) is 6.90. The Labute approximate surface area is 163 Å². The molecule has 1 heterocycles. The zero-order valence-corrected chi connectivity index (χ0v) is 16.5. The number of carbonyl (C=O) groups excluding carboxylic acids is 1. The van der Waals surface area contributed by atoms with Crippen LogP contribution < -0.4 is 15.1 Å². The second-order valence-corrected chi connectivity index (χ2v) is 9.78. The van der Waals surface area contributed by atoms with E-state index in [4.69, 9.17) is 0 Å². The van der Waals surface area contributed by atoms with E-state index < -0.39 is 0 Å². The molecule has 0 unspecified atom stereocenters. The molecule has 0 spiro atoms. The van der Waals surface area contributed by atoms with Crippen molar-refractivity contribution >= 4 is 11.6 Å². The van der Waals surface area contributed by atoms with Crippen molar-refractivity contribution in [1.29, 1.82) is 0 Å². The highest BCUT2D eigenvalue weighted by Gasteiger charge is 2.54. The summed E-state index contributed by atoms with van der Waals surface area (Å²) < 4.78 is 0. The van der Waals surface area contributed by atoms with Gasteiger partial charge in [-0.25, -0.2) is 0 Å². The first-order valence-electron chi connectivity index (χ1n) is 11.1. The van der Waals surface area contributed by atoms with Gasteiger partial charge in [0, 0.05) is 11.1 Å². The fraction of sp³-hybridized carbons (Fsp3) is 0.696. The van der Waals surface area contributed by atoms with Crippen LogP contribution in [-0.2, 0) is 4.79 Å². The van der Waals surface area contributed by atoms with Crippen LogP contribution in [-0.4, -0.2) is 45.2 Å². The molecule has 146 valence electrons. The molecule has 1 aromatic rings. The summed E-state index contributed by atoms with van der Waals surface area (Å²) in [6.45, 7) is 6.48. The van der Waals surface area contributed by atoms with Crippen molar-refractivity contribution in [2.75, 3.05) is 44.2 Å². The predicted molar refractivity (Wildman–Crippen MR) is 108 cm³/mol. The van der Waals surface area contributed by atoms with E-state index in [0.29, 0.717) is 5.91 Å². The summed E-state index contributed by atoms with van der Waals surface area (Å²) in [7, 11) is 0. The Hall–Kier alpha value is -1.55. The zero-order chi connectivity index (χ0) is 18.3. The van der Waals surface area contributed by atoms with E-state index in [1.54, 1.807) is 4.90 Å². The topological polar surface area (TPSA) is 36.8 Å². The zero-order valence-electron chi connectivity index (χ0n) is 16.5. The Morgan fingerprint density at radius 1 is 1.00 bits per heavy atom. The van der Waals surface area contributed by atoms with E-state index >= 15 is 0 Å². The number of carbonyl (C=O) groups is 1. The Bertz CT molecular complexity index is 630. The molecule has 0 atom stereocenters. The van der Waals surface area contributed by atoms with Crippen LogP contribution in [0.4, 0.5) is 5.69 Å². The van der Waals surface area contributed by atoms with Crippen molar-refractivity contribution in [2.45, 2.75) is 38.5 Å². The summed E-state index contributed by atoms with van der Waals surface area (Å²) >= 11 is 0. The lowest BCUT2D eigenvalue weighted by atomic mass is 9.49. The molecule has 1 amide bonds. The molecule has 0 radical (unpaired) electrons. The van der Waals surface area contributed by atoms with Crippen LogP contribution in [0.1, 0.15) is 38.5 Å². The van der Waals surface area contributed by atoms with Crippen LogP contribution in [0.25, 0.3) is 0 Å². The van der Waals surface area contributed by atoms with Gasteiger partial charge in [0.05, 0.1) is 39.3 Å². The number of hydrogen-bond donors (Lipinski definition) is 2. The van der Waals surface area contributed by atoms with E-state index in [-0.39, 0.29) is 5.41 Å². The Balaban J connectivity index is 1.08. The Morgan fingerprint density at radius 2 is 1.59 bits per heavy atom. The molecule has 6 rings (SSSR count). The summed E-state index contributed by atoms with van der Waals surface area (Å²) in [5.41, 5.74) is 1.35. The van der Waals surface area contributed by atoms with Crippen LogP contribution in [0.15, 0.2) is 30.3 Å². The van der Waals surface area contributed by atoms with Crippen LogP contribution in [0.3, 0.4) is 0 Å². The summed E-state index contributed by atoms with van der Waals surface area (Å²) in [6, 6.07) is 10.7. The number of benzene rings is 1. The van der Waals surface area contributed by atoms with Crippen molar-refractivity contribution in [2.24, 2.45) is 23.2 Å². The fourth-order valence-corrected chi connectivity index (χ4v) is 6.90. The SMILES string of the molecule is O=C(NCC[NH+]1CCN(c2ccccc2)CC1)C12CC3CC(CC(C3)C1)C2. The minimum absolute atomic E-state index is 0.0100. The third-order valence-corrected chi connectivity index (χ3v) is 7.88. The largest absolute Gasteiger partial charge is 0.360 e. The van der Waals surface area contributed by atoms with Gasteiger partial charge in [-0.3, -0.25) is 4.79 Å². The smallest absolute Gasteiger partial charge is 0.226 e. The van der Waals surface area contributed by atoms with Crippen molar-refractivity contribution in [3.05, 3.63) is 30.3 Å². The van der Waals surface area contributed by atoms with Gasteiger partial charge in [-0.2, -0.15) is 0 Å². The van der Waals surface area contributed by atoms with Crippen molar-refractivity contribution in [1.82, 2.24) is 5.32 Å². The van der Waals surface area contributed by atoms with Gasteiger partial charge in [0.2, 0.25) is 5.91 Å². The molecular formula is C23H34N3O+. The molecule has 5 fully saturated rings. The quantitative estimate of drug-likeness (QED) is 0.830. The molecule has 4 heteroatoms. The number of anilines is 1. The average molecular weight is 369 g/mol. The molecule has 4 saturated carbocycles. The highest BCUT2D eigenvalue weighted by atomic mass is 16.2. The number of para-hydroxylation sites is 1. The van der Waals surface area contributed by atoms with Crippen molar-refractivity contribution < 1.29 is 9.69 Å². The van der Waals surface area contributed by atoms with E-state index in [9.17, 15) is 4.79 Å².